The molecule has 6 rings (SSSR count). The standard InChI is InChI=1S/C32H32O2S/c1-31(2,3)23-13-16-27(25(17-23)30-33-18-32(4,5)19-34-30)35-26-15-12-22-10-9-20-7-6-8-21-11-14-24(26)29(22)28(20)21/h6-17,30H,18-19H2,1-5H3. The van der Waals surface area contributed by atoms with Gasteiger partial charge in [-0.2, -0.15) is 0 Å². The van der Waals surface area contributed by atoms with Crippen molar-refractivity contribution < 1.29 is 9.47 Å². The molecular formula is C32H32O2S. The summed E-state index contributed by atoms with van der Waals surface area (Å²) in [5, 5.41) is 7.89. The number of rotatable bonds is 3. The lowest BCUT2D eigenvalue weighted by Gasteiger charge is -2.35. The molecule has 2 nitrogen and oxygen atoms in total. The van der Waals surface area contributed by atoms with Crippen LogP contribution in [0.25, 0.3) is 32.3 Å². The van der Waals surface area contributed by atoms with Crippen LogP contribution in [-0.4, -0.2) is 13.2 Å². The summed E-state index contributed by atoms with van der Waals surface area (Å²) < 4.78 is 12.5. The maximum absolute atomic E-state index is 6.27. The summed E-state index contributed by atoms with van der Waals surface area (Å²) >= 11 is 1.82. The van der Waals surface area contributed by atoms with E-state index in [-0.39, 0.29) is 17.1 Å². The lowest BCUT2D eigenvalue weighted by molar-refractivity contribution is -0.227. The summed E-state index contributed by atoms with van der Waals surface area (Å²) in [6.45, 7) is 12.5. The average molecular weight is 481 g/mol. The van der Waals surface area contributed by atoms with Gasteiger partial charge in [0.25, 0.3) is 0 Å². The fourth-order valence-electron chi connectivity index (χ4n) is 5.08. The Balaban J connectivity index is 1.47. The molecule has 0 spiro atoms. The fraction of sp³-hybridized carbons (Fsp3) is 0.312. The van der Waals surface area contributed by atoms with Gasteiger partial charge in [0.15, 0.2) is 6.29 Å². The van der Waals surface area contributed by atoms with Crippen molar-refractivity contribution >= 4 is 44.1 Å². The van der Waals surface area contributed by atoms with Gasteiger partial charge in [-0.25, -0.2) is 0 Å². The molecule has 0 saturated carbocycles. The van der Waals surface area contributed by atoms with Crippen molar-refractivity contribution in [2.24, 2.45) is 5.41 Å². The third-order valence-electron chi connectivity index (χ3n) is 7.09. The van der Waals surface area contributed by atoms with E-state index in [4.69, 9.17) is 9.47 Å². The van der Waals surface area contributed by atoms with E-state index in [0.717, 1.165) is 5.56 Å². The van der Waals surface area contributed by atoms with Crippen LogP contribution >= 0.6 is 11.8 Å². The topological polar surface area (TPSA) is 18.5 Å². The van der Waals surface area contributed by atoms with E-state index in [0.29, 0.717) is 13.2 Å². The number of ether oxygens (including phenoxy) is 2. The van der Waals surface area contributed by atoms with Crippen molar-refractivity contribution in [2.45, 2.75) is 56.1 Å². The predicted molar refractivity (Wildman–Crippen MR) is 148 cm³/mol. The Morgan fingerprint density at radius 1 is 0.743 bits per heavy atom. The Hall–Kier alpha value is -2.59. The molecule has 178 valence electrons. The molecule has 0 bridgehead atoms. The maximum atomic E-state index is 6.27. The molecule has 0 atom stereocenters. The zero-order valence-corrected chi connectivity index (χ0v) is 22.0. The van der Waals surface area contributed by atoms with Gasteiger partial charge in [-0.1, -0.05) is 101 Å². The summed E-state index contributed by atoms with van der Waals surface area (Å²) in [7, 11) is 0. The molecule has 0 amide bonds. The molecule has 3 heteroatoms. The van der Waals surface area contributed by atoms with Crippen molar-refractivity contribution in [1.82, 2.24) is 0 Å². The summed E-state index contributed by atoms with van der Waals surface area (Å²) in [4.78, 5) is 2.45. The largest absolute Gasteiger partial charge is 0.348 e. The van der Waals surface area contributed by atoms with Crippen LogP contribution in [0.3, 0.4) is 0 Å². The second-order valence-electron chi connectivity index (χ2n) is 11.6. The highest BCUT2D eigenvalue weighted by Crippen LogP contribution is 2.44. The normalized spacial score (nSPS) is 17.1. The minimum atomic E-state index is -0.340. The van der Waals surface area contributed by atoms with Crippen LogP contribution < -0.4 is 0 Å². The van der Waals surface area contributed by atoms with E-state index in [9.17, 15) is 0 Å². The summed E-state index contributed by atoms with van der Waals surface area (Å²) in [6.07, 6.45) is -0.340. The summed E-state index contributed by atoms with van der Waals surface area (Å²) in [5.41, 5.74) is 2.52. The second kappa shape index (κ2) is 8.23. The summed E-state index contributed by atoms with van der Waals surface area (Å²) in [5.74, 6) is 0. The van der Waals surface area contributed by atoms with Gasteiger partial charge in [0.2, 0.25) is 0 Å². The number of hydrogen-bond acceptors (Lipinski definition) is 3. The molecule has 35 heavy (non-hydrogen) atoms. The highest BCUT2D eigenvalue weighted by Gasteiger charge is 2.31. The van der Waals surface area contributed by atoms with Gasteiger partial charge in [-0.3, -0.25) is 0 Å². The fourth-order valence-corrected chi connectivity index (χ4v) is 6.14. The maximum Gasteiger partial charge on any atom is 0.184 e. The van der Waals surface area contributed by atoms with Crippen LogP contribution in [0.15, 0.2) is 82.6 Å². The lowest BCUT2D eigenvalue weighted by Crippen LogP contribution is -2.34. The van der Waals surface area contributed by atoms with Crippen molar-refractivity contribution in [3.05, 3.63) is 83.9 Å². The number of hydrogen-bond donors (Lipinski definition) is 0. The Bertz CT molecular complexity index is 1520. The Kier molecular flexibility index (Phi) is 5.37. The van der Waals surface area contributed by atoms with Crippen LogP contribution in [0.4, 0.5) is 0 Å². The van der Waals surface area contributed by atoms with Gasteiger partial charge in [0, 0.05) is 20.8 Å². The van der Waals surface area contributed by atoms with E-state index in [2.05, 4.69) is 107 Å². The minimum Gasteiger partial charge on any atom is -0.348 e. The van der Waals surface area contributed by atoms with Gasteiger partial charge in [0.1, 0.15) is 0 Å². The van der Waals surface area contributed by atoms with Crippen LogP contribution in [0, 0.1) is 5.41 Å². The number of benzene rings is 5. The molecule has 5 aromatic carbocycles. The molecule has 0 aliphatic carbocycles. The Morgan fingerprint density at radius 2 is 1.34 bits per heavy atom. The van der Waals surface area contributed by atoms with Gasteiger partial charge < -0.3 is 9.47 Å². The molecule has 1 fully saturated rings. The zero-order chi connectivity index (χ0) is 24.4. The van der Waals surface area contributed by atoms with Crippen molar-refractivity contribution in [3.63, 3.8) is 0 Å². The minimum absolute atomic E-state index is 0.0392. The molecule has 0 aromatic heterocycles. The first-order valence-electron chi connectivity index (χ1n) is 12.4. The quantitative estimate of drug-likeness (QED) is 0.240. The molecule has 0 radical (unpaired) electrons. The average Bonchev–Trinajstić information content (AvgIpc) is 2.83. The first-order valence-corrected chi connectivity index (χ1v) is 13.2. The third-order valence-corrected chi connectivity index (χ3v) is 8.26. The lowest BCUT2D eigenvalue weighted by atomic mass is 9.86. The smallest absolute Gasteiger partial charge is 0.184 e. The Morgan fingerprint density at radius 3 is 2.03 bits per heavy atom. The van der Waals surface area contributed by atoms with Gasteiger partial charge in [-0.15, -0.1) is 0 Å². The van der Waals surface area contributed by atoms with Crippen molar-refractivity contribution in [1.29, 1.82) is 0 Å². The van der Waals surface area contributed by atoms with Crippen LogP contribution in [-0.2, 0) is 14.9 Å². The summed E-state index contributed by atoms with van der Waals surface area (Å²) in [6, 6.07) is 26.9. The van der Waals surface area contributed by atoms with Crippen LogP contribution in [0.5, 0.6) is 0 Å². The molecule has 0 N–H and O–H groups in total. The molecule has 1 heterocycles. The van der Waals surface area contributed by atoms with E-state index in [1.807, 2.05) is 11.8 Å². The van der Waals surface area contributed by atoms with Gasteiger partial charge >= 0.3 is 0 Å². The van der Waals surface area contributed by atoms with Crippen molar-refractivity contribution in [2.75, 3.05) is 13.2 Å². The predicted octanol–water partition coefficient (Wildman–Crippen LogP) is 9.10. The monoisotopic (exact) mass is 480 g/mol. The third kappa shape index (κ3) is 4.10. The first-order chi connectivity index (χ1) is 16.7. The molecule has 5 aromatic rings. The molecule has 1 saturated heterocycles. The molecular weight excluding hydrogens is 448 g/mol. The SMILES string of the molecule is CC1(C)COC(c2cc(C(C)(C)C)ccc2Sc2ccc3ccc4cccc5ccc2c3c45)OC1. The molecule has 1 aliphatic rings. The van der Waals surface area contributed by atoms with Crippen LogP contribution in [0.2, 0.25) is 0 Å². The molecule has 0 unspecified atom stereocenters. The Labute approximate surface area is 212 Å². The first kappa shape index (κ1) is 22.8. The van der Waals surface area contributed by atoms with Crippen LogP contribution in [0.1, 0.15) is 52.0 Å². The highest BCUT2D eigenvalue weighted by atomic mass is 32.2. The van der Waals surface area contributed by atoms with E-state index in [1.165, 1.54) is 47.7 Å². The van der Waals surface area contributed by atoms with E-state index < -0.39 is 0 Å². The second-order valence-corrected chi connectivity index (χ2v) is 12.7. The zero-order valence-electron chi connectivity index (χ0n) is 21.1. The van der Waals surface area contributed by atoms with Crippen molar-refractivity contribution in [3.8, 4) is 0 Å². The van der Waals surface area contributed by atoms with E-state index >= 15 is 0 Å². The van der Waals surface area contributed by atoms with Gasteiger partial charge in [0.05, 0.1) is 13.2 Å². The van der Waals surface area contributed by atoms with E-state index in [1.54, 1.807) is 0 Å². The molecule has 1 aliphatic heterocycles. The highest BCUT2D eigenvalue weighted by molar-refractivity contribution is 7.99. The van der Waals surface area contributed by atoms with Gasteiger partial charge in [-0.05, 0) is 61.5 Å².